The molecule has 0 saturated heterocycles. The van der Waals surface area contributed by atoms with Crippen molar-refractivity contribution >= 4 is 27.9 Å². The van der Waals surface area contributed by atoms with Crippen LogP contribution < -0.4 is 5.32 Å². The maximum Gasteiger partial charge on any atom is 0.276 e. The molecule has 0 aliphatic carbocycles. The third-order valence-corrected chi connectivity index (χ3v) is 3.46. The van der Waals surface area contributed by atoms with Gasteiger partial charge < -0.3 is 5.32 Å². The minimum atomic E-state index is -0.295. The minimum Gasteiger partial charge on any atom is -0.321 e. The number of imidazole rings is 1. The summed E-state index contributed by atoms with van der Waals surface area (Å²) in [5, 5.41) is 15.7. The summed E-state index contributed by atoms with van der Waals surface area (Å²) < 4.78 is 1.52. The first-order chi connectivity index (χ1) is 9.69. The number of rotatable bonds is 2. The number of nitrogens with one attached hydrogen (secondary N) is 1. The number of fused-ring (bicyclic) bond motifs is 1. The van der Waals surface area contributed by atoms with E-state index in [1.165, 1.54) is 15.9 Å². The van der Waals surface area contributed by atoms with E-state index in [2.05, 4.69) is 15.4 Å². The highest BCUT2D eigenvalue weighted by molar-refractivity contribution is 7.14. The van der Waals surface area contributed by atoms with E-state index < -0.39 is 0 Å². The quantitative estimate of drug-likeness (QED) is 0.781. The zero-order chi connectivity index (χ0) is 14.1. The first kappa shape index (κ1) is 12.3. The number of hydrogen-bond donors (Lipinski definition) is 1. The van der Waals surface area contributed by atoms with E-state index in [1.54, 1.807) is 36.7 Å². The van der Waals surface area contributed by atoms with Crippen LogP contribution in [0.15, 0.2) is 29.8 Å². The number of carbonyl (C=O) groups excluding carboxylic acids is 1. The predicted molar refractivity (Wildman–Crippen MR) is 74.7 cm³/mol. The van der Waals surface area contributed by atoms with Crippen molar-refractivity contribution in [2.45, 2.75) is 6.92 Å². The number of benzene rings is 1. The molecule has 0 atom stereocenters. The number of nitriles is 1. The number of carbonyl (C=O) groups is 1. The van der Waals surface area contributed by atoms with Gasteiger partial charge in [0.15, 0.2) is 5.69 Å². The van der Waals surface area contributed by atoms with Crippen molar-refractivity contribution in [2.24, 2.45) is 0 Å². The highest BCUT2D eigenvalue weighted by atomic mass is 32.1. The smallest absolute Gasteiger partial charge is 0.276 e. The van der Waals surface area contributed by atoms with Gasteiger partial charge in [0.1, 0.15) is 5.51 Å². The Labute approximate surface area is 118 Å². The lowest BCUT2D eigenvalue weighted by molar-refractivity contribution is 0.102. The van der Waals surface area contributed by atoms with Gasteiger partial charge in [-0.2, -0.15) is 14.9 Å². The van der Waals surface area contributed by atoms with Gasteiger partial charge in [-0.1, -0.05) is 17.4 Å². The summed E-state index contributed by atoms with van der Waals surface area (Å²) in [6, 6.07) is 8.78. The molecular formula is C13H9N5OS. The number of nitrogens with zero attached hydrogens (tertiary/aromatic N) is 4. The van der Waals surface area contributed by atoms with Gasteiger partial charge in [-0.15, -0.1) is 0 Å². The lowest BCUT2D eigenvalue weighted by Gasteiger charge is -2.04. The molecule has 0 aliphatic heterocycles. The van der Waals surface area contributed by atoms with Gasteiger partial charge in [0.25, 0.3) is 5.91 Å². The minimum absolute atomic E-state index is 0.295. The monoisotopic (exact) mass is 283 g/mol. The molecule has 0 spiro atoms. The van der Waals surface area contributed by atoms with Gasteiger partial charge >= 0.3 is 0 Å². The molecular weight excluding hydrogens is 274 g/mol. The normalized spacial score (nSPS) is 10.4. The summed E-state index contributed by atoms with van der Waals surface area (Å²) >= 11 is 1.37. The molecule has 0 bridgehead atoms. The van der Waals surface area contributed by atoms with Gasteiger partial charge in [-0.25, -0.2) is 4.98 Å². The molecule has 2 aromatic heterocycles. The topological polar surface area (TPSA) is 83.1 Å². The summed E-state index contributed by atoms with van der Waals surface area (Å²) in [7, 11) is 0. The van der Waals surface area contributed by atoms with Crippen LogP contribution in [0.2, 0.25) is 0 Å². The average molecular weight is 283 g/mol. The highest BCUT2D eigenvalue weighted by Gasteiger charge is 2.18. The maximum absolute atomic E-state index is 12.3. The number of aromatic nitrogens is 3. The van der Waals surface area contributed by atoms with Crippen molar-refractivity contribution in [1.29, 1.82) is 5.26 Å². The Kier molecular flexibility index (Phi) is 2.93. The second kappa shape index (κ2) is 4.75. The second-order valence-corrected chi connectivity index (χ2v) is 4.94. The summed E-state index contributed by atoms with van der Waals surface area (Å²) in [6.07, 6.45) is 0. The largest absolute Gasteiger partial charge is 0.321 e. The van der Waals surface area contributed by atoms with E-state index in [4.69, 9.17) is 5.26 Å². The lowest BCUT2D eigenvalue weighted by Crippen LogP contribution is -2.16. The zero-order valence-corrected chi connectivity index (χ0v) is 11.3. The Balaban J connectivity index is 1.95. The van der Waals surface area contributed by atoms with Crippen LogP contribution in [0.1, 0.15) is 21.7 Å². The van der Waals surface area contributed by atoms with E-state index >= 15 is 0 Å². The summed E-state index contributed by atoms with van der Waals surface area (Å²) in [5.41, 5.74) is 3.72. The maximum atomic E-state index is 12.3. The summed E-state index contributed by atoms with van der Waals surface area (Å²) in [6.45, 7) is 1.77. The molecule has 7 heteroatoms. The number of hydrogen-bond acceptors (Lipinski definition) is 5. The van der Waals surface area contributed by atoms with Gasteiger partial charge in [0.2, 0.25) is 4.96 Å². The van der Waals surface area contributed by atoms with E-state index in [0.717, 1.165) is 0 Å². The number of amides is 1. The fourth-order valence-corrected chi connectivity index (χ4v) is 2.57. The molecule has 6 nitrogen and oxygen atoms in total. The molecule has 1 aromatic carbocycles. The van der Waals surface area contributed by atoms with Gasteiger partial charge in [0.05, 0.1) is 17.3 Å². The van der Waals surface area contributed by atoms with Crippen molar-refractivity contribution in [1.82, 2.24) is 14.6 Å². The van der Waals surface area contributed by atoms with Crippen LogP contribution in [-0.4, -0.2) is 20.5 Å². The standard InChI is InChI=1S/C13H9N5OS/c1-8-11(18-13(16-8)20-7-15-18)12(19)17-10-4-2-3-9(5-10)6-14/h2-5,7H,1H3,(H,17,19). The molecule has 98 valence electrons. The Bertz CT molecular complexity index is 842. The first-order valence-corrected chi connectivity index (χ1v) is 6.67. The van der Waals surface area contributed by atoms with Crippen LogP contribution in [-0.2, 0) is 0 Å². The third kappa shape index (κ3) is 2.02. The van der Waals surface area contributed by atoms with E-state index in [9.17, 15) is 4.79 Å². The Morgan fingerprint density at radius 2 is 2.35 bits per heavy atom. The molecule has 3 rings (SSSR count). The predicted octanol–water partition coefficient (Wildman–Crippen LogP) is 2.22. The molecule has 1 amide bonds. The van der Waals surface area contributed by atoms with Crippen LogP contribution in [0.4, 0.5) is 5.69 Å². The molecule has 0 aliphatic rings. The van der Waals surface area contributed by atoms with Gasteiger partial charge in [-0.3, -0.25) is 4.79 Å². The molecule has 20 heavy (non-hydrogen) atoms. The van der Waals surface area contributed by atoms with E-state index in [1.807, 2.05) is 6.07 Å². The highest BCUT2D eigenvalue weighted by Crippen LogP contribution is 2.17. The molecule has 2 heterocycles. The van der Waals surface area contributed by atoms with Crippen LogP contribution in [0.3, 0.4) is 0 Å². The van der Waals surface area contributed by atoms with Crippen molar-refractivity contribution in [3.8, 4) is 6.07 Å². The van der Waals surface area contributed by atoms with Crippen molar-refractivity contribution in [3.63, 3.8) is 0 Å². The number of aryl methyl sites for hydroxylation is 1. The fraction of sp³-hybridized carbons (Fsp3) is 0.0769. The fourth-order valence-electron chi connectivity index (χ4n) is 1.91. The zero-order valence-electron chi connectivity index (χ0n) is 10.5. The van der Waals surface area contributed by atoms with E-state index in [0.29, 0.717) is 27.6 Å². The average Bonchev–Trinajstić information content (AvgIpc) is 2.98. The van der Waals surface area contributed by atoms with Crippen LogP contribution in [0.5, 0.6) is 0 Å². The van der Waals surface area contributed by atoms with Crippen molar-refractivity contribution in [2.75, 3.05) is 5.32 Å². The Hall–Kier alpha value is -2.72. The summed E-state index contributed by atoms with van der Waals surface area (Å²) in [5.74, 6) is -0.295. The van der Waals surface area contributed by atoms with Crippen LogP contribution in [0, 0.1) is 18.3 Å². The van der Waals surface area contributed by atoms with Gasteiger partial charge in [-0.05, 0) is 25.1 Å². The molecule has 3 aromatic rings. The van der Waals surface area contributed by atoms with Crippen molar-refractivity contribution in [3.05, 3.63) is 46.7 Å². The first-order valence-electron chi connectivity index (χ1n) is 5.79. The Morgan fingerprint density at radius 3 is 3.15 bits per heavy atom. The molecule has 0 fully saturated rings. The van der Waals surface area contributed by atoms with Crippen LogP contribution >= 0.6 is 11.3 Å². The van der Waals surface area contributed by atoms with Crippen molar-refractivity contribution < 1.29 is 4.79 Å². The molecule has 0 unspecified atom stereocenters. The van der Waals surface area contributed by atoms with Gasteiger partial charge in [0, 0.05) is 5.69 Å². The van der Waals surface area contributed by atoms with Crippen LogP contribution in [0.25, 0.3) is 4.96 Å². The number of anilines is 1. The Morgan fingerprint density at radius 1 is 1.50 bits per heavy atom. The lowest BCUT2D eigenvalue weighted by atomic mass is 10.2. The molecule has 0 saturated carbocycles. The molecule has 0 radical (unpaired) electrons. The molecule has 1 N–H and O–H groups in total. The second-order valence-electron chi connectivity index (χ2n) is 4.13. The SMILES string of the molecule is Cc1nc2scnn2c1C(=O)Nc1cccc(C#N)c1. The summed E-state index contributed by atoms with van der Waals surface area (Å²) in [4.78, 5) is 17.3. The third-order valence-electron chi connectivity index (χ3n) is 2.78. The van der Waals surface area contributed by atoms with E-state index in [-0.39, 0.29) is 5.91 Å².